The molecule has 2 aromatic rings. The third-order valence-corrected chi connectivity index (χ3v) is 5.15. The second-order valence-corrected chi connectivity index (χ2v) is 7.14. The van der Waals surface area contributed by atoms with Crippen LogP contribution in [0.3, 0.4) is 0 Å². The van der Waals surface area contributed by atoms with Crippen molar-refractivity contribution in [3.8, 4) is 0 Å². The van der Waals surface area contributed by atoms with Crippen LogP contribution in [0.1, 0.15) is 45.8 Å². The summed E-state index contributed by atoms with van der Waals surface area (Å²) in [7, 11) is 0. The molecule has 2 aromatic heterocycles. The molecule has 1 amide bonds. The van der Waals surface area contributed by atoms with Gasteiger partial charge in [-0.3, -0.25) is 14.8 Å². The molecule has 0 aromatic carbocycles. The van der Waals surface area contributed by atoms with Crippen LogP contribution in [-0.4, -0.2) is 61.7 Å². The van der Waals surface area contributed by atoms with Crippen LogP contribution in [-0.2, 0) is 4.79 Å². The van der Waals surface area contributed by atoms with Gasteiger partial charge in [0.2, 0.25) is 5.91 Å². The van der Waals surface area contributed by atoms with Gasteiger partial charge in [0, 0.05) is 12.5 Å². The molecule has 3 rings (SSSR count). The normalized spacial score (nSPS) is 18.2. The van der Waals surface area contributed by atoms with Gasteiger partial charge in [0.15, 0.2) is 11.0 Å². The van der Waals surface area contributed by atoms with Crippen molar-refractivity contribution in [2.75, 3.05) is 25.0 Å². The first kappa shape index (κ1) is 17.5. The summed E-state index contributed by atoms with van der Waals surface area (Å²) in [6.45, 7) is 5.28. The van der Waals surface area contributed by atoms with Crippen LogP contribution in [0.25, 0.3) is 0 Å². The number of rotatable bonds is 5. The predicted molar refractivity (Wildman–Crippen MR) is 92.0 cm³/mol. The molecule has 10 heteroatoms. The predicted octanol–water partition coefficient (Wildman–Crippen LogP) is 1.39. The van der Waals surface area contributed by atoms with Crippen LogP contribution in [0.4, 0.5) is 5.13 Å². The number of nitrogens with zero attached hydrogens (tertiary/aromatic N) is 4. The summed E-state index contributed by atoms with van der Waals surface area (Å²) in [6, 6.07) is 0. The van der Waals surface area contributed by atoms with E-state index >= 15 is 0 Å². The van der Waals surface area contributed by atoms with Crippen LogP contribution >= 0.6 is 11.3 Å². The Kier molecular flexibility index (Phi) is 5.09. The average Bonchev–Trinajstić information content (AvgIpc) is 3.13. The second-order valence-electron chi connectivity index (χ2n) is 6.14. The number of aromatic carboxylic acids is 1. The third kappa shape index (κ3) is 4.20. The Morgan fingerprint density at radius 1 is 1.40 bits per heavy atom. The molecule has 1 aliphatic heterocycles. The lowest BCUT2D eigenvalue weighted by atomic mass is 9.97. The van der Waals surface area contributed by atoms with Crippen LogP contribution in [0, 0.1) is 13.8 Å². The number of nitrogens with one attached hydrogen (secondary N) is 2. The zero-order chi connectivity index (χ0) is 18.0. The minimum atomic E-state index is -1.03. The molecule has 0 unspecified atom stereocenters. The van der Waals surface area contributed by atoms with E-state index in [4.69, 9.17) is 5.11 Å². The highest BCUT2D eigenvalue weighted by atomic mass is 32.1. The number of carboxylic acids is 1. The van der Waals surface area contributed by atoms with Crippen molar-refractivity contribution in [3.05, 3.63) is 22.2 Å². The Balaban J connectivity index is 1.57. The number of carbonyl (C=O) groups excluding carboxylic acids is 1. The van der Waals surface area contributed by atoms with Gasteiger partial charge in [-0.25, -0.2) is 14.8 Å². The quantitative estimate of drug-likeness (QED) is 0.732. The van der Waals surface area contributed by atoms with Crippen molar-refractivity contribution >= 4 is 28.3 Å². The zero-order valence-electron chi connectivity index (χ0n) is 14.1. The second kappa shape index (κ2) is 7.28. The lowest BCUT2D eigenvalue weighted by Crippen LogP contribution is -2.40. The molecule has 25 heavy (non-hydrogen) atoms. The van der Waals surface area contributed by atoms with Crippen molar-refractivity contribution in [1.82, 2.24) is 25.1 Å². The van der Waals surface area contributed by atoms with Crippen LogP contribution in [0.5, 0.6) is 0 Å². The number of aryl methyl sites for hydroxylation is 2. The van der Waals surface area contributed by atoms with E-state index in [0.717, 1.165) is 48.9 Å². The van der Waals surface area contributed by atoms with E-state index in [-0.39, 0.29) is 23.2 Å². The first-order valence-electron chi connectivity index (χ1n) is 8.04. The summed E-state index contributed by atoms with van der Waals surface area (Å²) in [5.74, 6) is 0.573. The Morgan fingerprint density at radius 3 is 2.84 bits per heavy atom. The highest BCUT2D eigenvalue weighted by Crippen LogP contribution is 2.25. The van der Waals surface area contributed by atoms with Gasteiger partial charge in [-0.05, 0) is 33.2 Å². The van der Waals surface area contributed by atoms with Gasteiger partial charge in [-0.1, -0.05) is 11.3 Å². The lowest BCUT2D eigenvalue weighted by molar-refractivity contribution is -0.117. The Hall–Kier alpha value is -2.33. The maximum absolute atomic E-state index is 12.2. The van der Waals surface area contributed by atoms with Gasteiger partial charge < -0.3 is 10.4 Å². The van der Waals surface area contributed by atoms with E-state index in [0.29, 0.717) is 10.8 Å². The van der Waals surface area contributed by atoms with E-state index in [1.165, 1.54) is 0 Å². The molecule has 0 spiro atoms. The number of carbonyl (C=O) groups is 2. The highest BCUT2D eigenvalue weighted by molar-refractivity contribution is 7.17. The Morgan fingerprint density at radius 2 is 2.20 bits per heavy atom. The summed E-state index contributed by atoms with van der Waals surface area (Å²) in [5.41, 5.74) is 0.408. The maximum atomic E-state index is 12.2. The summed E-state index contributed by atoms with van der Waals surface area (Å²) in [5, 5.41) is 19.1. The minimum Gasteiger partial charge on any atom is -0.477 e. The van der Waals surface area contributed by atoms with E-state index in [1.54, 1.807) is 6.92 Å². The SMILES string of the molecule is Cc1nc([C@@H]2CCCN(CC(=O)Nc3nc(C)c(C(=O)O)s3)C2)n[nH]1. The third-order valence-electron chi connectivity index (χ3n) is 4.09. The largest absolute Gasteiger partial charge is 0.477 e. The van der Waals surface area contributed by atoms with Gasteiger partial charge in [-0.2, -0.15) is 5.10 Å². The molecule has 3 heterocycles. The number of carboxylic acid groups (broad SMARTS) is 1. The number of aromatic nitrogens is 4. The van der Waals surface area contributed by atoms with Crippen molar-refractivity contribution in [1.29, 1.82) is 0 Å². The molecule has 3 N–H and O–H groups in total. The van der Waals surface area contributed by atoms with Crippen molar-refractivity contribution in [2.24, 2.45) is 0 Å². The number of amides is 1. The molecule has 0 bridgehead atoms. The van der Waals surface area contributed by atoms with E-state index in [2.05, 4.69) is 30.4 Å². The van der Waals surface area contributed by atoms with Crippen LogP contribution in [0.15, 0.2) is 0 Å². The molecule has 9 nitrogen and oxygen atoms in total. The van der Waals surface area contributed by atoms with Gasteiger partial charge in [0.05, 0.1) is 12.2 Å². The molecule has 1 atom stereocenters. The average molecular weight is 364 g/mol. The summed E-state index contributed by atoms with van der Waals surface area (Å²) >= 11 is 0.973. The first-order valence-corrected chi connectivity index (χ1v) is 8.86. The monoisotopic (exact) mass is 364 g/mol. The zero-order valence-corrected chi connectivity index (χ0v) is 14.9. The van der Waals surface area contributed by atoms with Gasteiger partial charge in [0.1, 0.15) is 10.7 Å². The highest BCUT2D eigenvalue weighted by Gasteiger charge is 2.26. The molecule has 1 saturated heterocycles. The van der Waals surface area contributed by atoms with Crippen LogP contribution in [0.2, 0.25) is 0 Å². The maximum Gasteiger partial charge on any atom is 0.347 e. The molecule has 1 aliphatic rings. The van der Waals surface area contributed by atoms with E-state index in [9.17, 15) is 9.59 Å². The smallest absolute Gasteiger partial charge is 0.347 e. The number of H-pyrrole nitrogens is 1. The summed E-state index contributed by atoms with van der Waals surface area (Å²) < 4.78 is 0. The number of hydrogen-bond donors (Lipinski definition) is 3. The molecular formula is C15H20N6O3S. The summed E-state index contributed by atoms with van der Waals surface area (Å²) in [4.78, 5) is 34.0. The van der Waals surface area contributed by atoms with Gasteiger partial charge in [-0.15, -0.1) is 0 Å². The standard InChI is InChI=1S/C15H20N6O3S/c1-8-12(14(23)24)25-15(16-8)18-11(22)7-21-5-3-4-10(6-21)13-17-9(2)19-20-13/h10H,3-7H2,1-2H3,(H,23,24)(H,16,18,22)(H,17,19,20)/t10-/m1/s1. The number of likely N-dealkylation sites (tertiary alicyclic amines) is 1. The van der Waals surface area contributed by atoms with E-state index in [1.807, 2.05) is 6.92 Å². The first-order chi connectivity index (χ1) is 11.9. The van der Waals surface area contributed by atoms with Gasteiger partial charge in [0.25, 0.3) is 0 Å². The fourth-order valence-corrected chi connectivity index (χ4v) is 3.78. The van der Waals surface area contributed by atoms with Crippen LogP contribution < -0.4 is 5.32 Å². The number of anilines is 1. The number of aromatic amines is 1. The lowest BCUT2D eigenvalue weighted by Gasteiger charge is -2.30. The van der Waals surface area contributed by atoms with Crippen molar-refractivity contribution in [2.45, 2.75) is 32.6 Å². The fraction of sp³-hybridized carbons (Fsp3) is 0.533. The molecule has 0 saturated carbocycles. The molecule has 134 valence electrons. The molecule has 1 fully saturated rings. The fourth-order valence-electron chi connectivity index (χ4n) is 2.96. The summed E-state index contributed by atoms with van der Waals surface area (Å²) in [6.07, 6.45) is 1.98. The Bertz CT molecular complexity index is 786. The molecular weight excluding hydrogens is 344 g/mol. The van der Waals surface area contributed by atoms with E-state index < -0.39 is 5.97 Å². The number of thiazole rings is 1. The number of piperidine rings is 1. The van der Waals surface area contributed by atoms with Gasteiger partial charge >= 0.3 is 5.97 Å². The number of hydrogen-bond acceptors (Lipinski definition) is 7. The minimum absolute atomic E-state index is 0.147. The molecule has 0 aliphatic carbocycles. The Labute approximate surface area is 148 Å². The van der Waals surface area contributed by atoms with Crippen molar-refractivity contribution < 1.29 is 14.7 Å². The molecule has 0 radical (unpaired) electrons. The van der Waals surface area contributed by atoms with Crippen molar-refractivity contribution in [3.63, 3.8) is 0 Å². The topological polar surface area (TPSA) is 124 Å².